The lowest BCUT2D eigenvalue weighted by Gasteiger charge is -2.15. The van der Waals surface area contributed by atoms with Gasteiger partial charge in [0, 0.05) is 13.6 Å². The summed E-state index contributed by atoms with van der Waals surface area (Å²) >= 11 is 0. The molecule has 1 rings (SSSR count). The Labute approximate surface area is 60.9 Å². The number of guanidine groups is 1. The Morgan fingerprint density at radius 1 is 1.70 bits per heavy atom. The lowest BCUT2D eigenvalue weighted by molar-refractivity contribution is 0.469. The highest BCUT2D eigenvalue weighted by molar-refractivity contribution is 5.77. The second-order valence-electron chi connectivity index (χ2n) is 2.81. The summed E-state index contributed by atoms with van der Waals surface area (Å²) in [5.41, 5.74) is 5.44. The van der Waals surface area contributed by atoms with E-state index in [1.165, 1.54) is 12.8 Å². The van der Waals surface area contributed by atoms with Crippen LogP contribution in [0, 0.1) is 5.92 Å². The molecular formula is C6H14N4. The Bertz CT molecular complexity index is 139. The van der Waals surface area contributed by atoms with Crippen molar-refractivity contribution in [2.45, 2.75) is 12.8 Å². The molecule has 1 aliphatic carbocycles. The summed E-state index contributed by atoms with van der Waals surface area (Å²) in [6.45, 7) is 0.993. The first kappa shape index (κ1) is 7.18. The molecule has 1 saturated carbocycles. The molecule has 0 aliphatic heterocycles. The van der Waals surface area contributed by atoms with Crippen molar-refractivity contribution in [3.63, 3.8) is 0 Å². The van der Waals surface area contributed by atoms with Gasteiger partial charge in [0.05, 0.1) is 0 Å². The Morgan fingerprint density at radius 2 is 2.30 bits per heavy atom. The largest absolute Gasteiger partial charge is 0.368 e. The molecule has 4 heteroatoms. The van der Waals surface area contributed by atoms with Gasteiger partial charge in [0.2, 0.25) is 5.96 Å². The SMILES string of the molecule is CN(CC1CC1)C(N)=NN. The third-order valence-corrected chi connectivity index (χ3v) is 1.75. The normalized spacial score (nSPS) is 19.1. The number of rotatable bonds is 2. The van der Waals surface area contributed by atoms with E-state index in [-0.39, 0.29) is 0 Å². The molecule has 0 unspecified atom stereocenters. The summed E-state index contributed by atoms with van der Waals surface area (Å²) in [5, 5.41) is 3.39. The molecule has 0 amide bonds. The number of nitrogens with zero attached hydrogens (tertiary/aromatic N) is 2. The molecule has 0 aromatic carbocycles. The van der Waals surface area contributed by atoms with E-state index >= 15 is 0 Å². The van der Waals surface area contributed by atoms with E-state index in [1.807, 2.05) is 11.9 Å². The molecule has 0 aromatic rings. The van der Waals surface area contributed by atoms with Gasteiger partial charge in [0.25, 0.3) is 0 Å². The summed E-state index contributed by atoms with van der Waals surface area (Å²) in [6, 6.07) is 0. The first-order chi connectivity index (χ1) is 4.74. The first-order valence-corrected chi connectivity index (χ1v) is 3.48. The van der Waals surface area contributed by atoms with Crippen molar-refractivity contribution < 1.29 is 0 Å². The Kier molecular flexibility index (Phi) is 1.99. The van der Waals surface area contributed by atoms with Gasteiger partial charge >= 0.3 is 0 Å². The van der Waals surface area contributed by atoms with Gasteiger partial charge in [-0.2, -0.15) is 0 Å². The first-order valence-electron chi connectivity index (χ1n) is 3.48. The van der Waals surface area contributed by atoms with Crippen LogP contribution in [0.1, 0.15) is 12.8 Å². The van der Waals surface area contributed by atoms with Crippen molar-refractivity contribution in [1.29, 1.82) is 0 Å². The summed E-state index contributed by atoms with van der Waals surface area (Å²) in [6.07, 6.45) is 2.64. The molecule has 4 nitrogen and oxygen atoms in total. The molecule has 0 spiro atoms. The highest BCUT2D eigenvalue weighted by Gasteiger charge is 2.23. The van der Waals surface area contributed by atoms with E-state index in [0.29, 0.717) is 5.96 Å². The average Bonchev–Trinajstić information content (AvgIpc) is 2.70. The molecule has 1 fully saturated rings. The smallest absolute Gasteiger partial charge is 0.213 e. The fraction of sp³-hybridized carbons (Fsp3) is 0.833. The standard InChI is InChI=1S/C6H14N4/c1-10(6(7)9-8)4-5-2-3-5/h5H,2-4,8H2,1H3,(H2,7,9). The van der Waals surface area contributed by atoms with Crippen LogP contribution < -0.4 is 11.6 Å². The maximum atomic E-state index is 5.44. The van der Waals surface area contributed by atoms with Crippen LogP contribution in [0.2, 0.25) is 0 Å². The van der Waals surface area contributed by atoms with E-state index in [1.54, 1.807) is 0 Å². The number of hydrazone groups is 1. The lowest BCUT2D eigenvalue weighted by atomic mass is 10.4. The molecular weight excluding hydrogens is 128 g/mol. The molecule has 58 valence electrons. The van der Waals surface area contributed by atoms with Crippen molar-refractivity contribution in [3.8, 4) is 0 Å². The van der Waals surface area contributed by atoms with Crippen LogP contribution >= 0.6 is 0 Å². The zero-order valence-corrected chi connectivity index (χ0v) is 6.25. The van der Waals surface area contributed by atoms with Gasteiger partial charge in [-0.25, -0.2) is 0 Å². The Balaban J connectivity index is 2.25. The van der Waals surface area contributed by atoms with Crippen LogP contribution in [0.4, 0.5) is 0 Å². The van der Waals surface area contributed by atoms with Crippen molar-refractivity contribution in [1.82, 2.24) is 4.90 Å². The summed E-state index contributed by atoms with van der Waals surface area (Å²) < 4.78 is 0. The minimum absolute atomic E-state index is 0.423. The van der Waals surface area contributed by atoms with Crippen LogP contribution in [-0.4, -0.2) is 24.5 Å². The maximum Gasteiger partial charge on any atom is 0.213 e. The van der Waals surface area contributed by atoms with Gasteiger partial charge < -0.3 is 16.5 Å². The van der Waals surface area contributed by atoms with Crippen LogP contribution in [0.3, 0.4) is 0 Å². The molecule has 0 bridgehead atoms. The summed E-state index contributed by atoms with van der Waals surface area (Å²) in [5.74, 6) is 6.24. The van der Waals surface area contributed by atoms with Gasteiger partial charge in [-0.15, -0.1) is 5.10 Å². The van der Waals surface area contributed by atoms with E-state index in [0.717, 1.165) is 12.5 Å². The minimum Gasteiger partial charge on any atom is -0.368 e. The molecule has 0 saturated heterocycles. The summed E-state index contributed by atoms with van der Waals surface area (Å²) in [7, 11) is 1.91. The predicted molar refractivity (Wildman–Crippen MR) is 41.2 cm³/mol. The van der Waals surface area contributed by atoms with E-state index < -0.39 is 0 Å². The monoisotopic (exact) mass is 142 g/mol. The highest BCUT2D eigenvalue weighted by Crippen LogP contribution is 2.29. The quantitative estimate of drug-likeness (QED) is 0.237. The lowest BCUT2D eigenvalue weighted by Crippen LogP contribution is -2.36. The Morgan fingerprint density at radius 3 is 2.70 bits per heavy atom. The predicted octanol–water partition coefficient (Wildman–Crippen LogP) is -0.483. The fourth-order valence-electron chi connectivity index (χ4n) is 0.880. The van der Waals surface area contributed by atoms with Crippen molar-refractivity contribution in [2.75, 3.05) is 13.6 Å². The summed E-state index contributed by atoms with van der Waals surface area (Å²) in [4.78, 5) is 1.89. The highest BCUT2D eigenvalue weighted by atomic mass is 15.3. The fourth-order valence-corrected chi connectivity index (χ4v) is 0.880. The molecule has 0 aromatic heterocycles. The second-order valence-corrected chi connectivity index (χ2v) is 2.81. The van der Waals surface area contributed by atoms with E-state index in [2.05, 4.69) is 5.10 Å². The van der Waals surface area contributed by atoms with Crippen molar-refractivity contribution >= 4 is 5.96 Å². The van der Waals surface area contributed by atoms with Crippen LogP contribution in [0.15, 0.2) is 5.10 Å². The third kappa shape index (κ3) is 1.79. The zero-order chi connectivity index (χ0) is 7.56. The second kappa shape index (κ2) is 2.77. The zero-order valence-electron chi connectivity index (χ0n) is 6.25. The van der Waals surface area contributed by atoms with E-state index in [4.69, 9.17) is 11.6 Å². The third-order valence-electron chi connectivity index (χ3n) is 1.75. The Hall–Kier alpha value is -0.930. The van der Waals surface area contributed by atoms with Gasteiger partial charge in [-0.3, -0.25) is 0 Å². The van der Waals surface area contributed by atoms with Crippen molar-refractivity contribution in [3.05, 3.63) is 0 Å². The van der Waals surface area contributed by atoms with Crippen LogP contribution in [0.5, 0.6) is 0 Å². The average molecular weight is 142 g/mol. The van der Waals surface area contributed by atoms with E-state index in [9.17, 15) is 0 Å². The number of nitrogens with two attached hydrogens (primary N) is 2. The molecule has 0 radical (unpaired) electrons. The molecule has 10 heavy (non-hydrogen) atoms. The number of hydrogen-bond acceptors (Lipinski definition) is 2. The van der Waals surface area contributed by atoms with Gasteiger partial charge in [0.15, 0.2) is 0 Å². The molecule has 1 aliphatic rings. The maximum absolute atomic E-state index is 5.44. The van der Waals surface area contributed by atoms with Crippen molar-refractivity contribution in [2.24, 2.45) is 22.6 Å². The van der Waals surface area contributed by atoms with Gasteiger partial charge in [0.1, 0.15) is 0 Å². The van der Waals surface area contributed by atoms with Gasteiger partial charge in [-0.05, 0) is 18.8 Å². The minimum atomic E-state index is 0.423. The molecule has 0 atom stereocenters. The number of hydrogen-bond donors (Lipinski definition) is 2. The molecule has 0 heterocycles. The van der Waals surface area contributed by atoms with Gasteiger partial charge in [-0.1, -0.05) is 0 Å². The topological polar surface area (TPSA) is 67.6 Å². The molecule has 4 N–H and O–H groups in total. The van der Waals surface area contributed by atoms with Crippen LogP contribution in [-0.2, 0) is 0 Å². The van der Waals surface area contributed by atoms with Crippen LogP contribution in [0.25, 0.3) is 0 Å².